The lowest BCUT2D eigenvalue weighted by Gasteiger charge is -2.30. The topological polar surface area (TPSA) is 98.5 Å². The Kier molecular flexibility index (Phi) is 11.2. The molecule has 0 unspecified atom stereocenters. The number of amides is 1. The molecule has 0 bridgehead atoms. The molecule has 0 aliphatic carbocycles. The van der Waals surface area contributed by atoms with Crippen LogP contribution in [0.25, 0.3) is 0 Å². The van der Waals surface area contributed by atoms with Crippen molar-refractivity contribution in [1.29, 1.82) is 0 Å². The predicted molar refractivity (Wildman–Crippen MR) is 98.9 cm³/mol. The molecule has 25 heavy (non-hydrogen) atoms. The molecule has 0 radical (unpaired) electrons. The van der Waals surface area contributed by atoms with Crippen LogP contribution in [-0.2, 0) is 31.4 Å². The van der Waals surface area contributed by atoms with Gasteiger partial charge >= 0.3 is 17.6 Å². The van der Waals surface area contributed by atoms with E-state index >= 15 is 0 Å². The van der Waals surface area contributed by atoms with Crippen LogP contribution >= 0.6 is 0 Å². The average molecular weight is 398 g/mol. The molecule has 0 rings (SSSR count). The Morgan fingerprint density at radius 3 is 1.24 bits per heavy atom. The fraction of sp³-hybridized carbons (Fsp3) is 0.933. The summed E-state index contributed by atoms with van der Waals surface area (Å²) in [4.78, 5) is 12.0. The number of primary amides is 1. The summed E-state index contributed by atoms with van der Waals surface area (Å²) in [5.74, 6) is -0.313. The highest BCUT2D eigenvalue weighted by atomic mass is 28.4. The third-order valence-corrected chi connectivity index (χ3v) is 10.5. The fourth-order valence-electron chi connectivity index (χ4n) is 2.87. The normalized spacial score (nSPS) is 13.2. The molecule has 0 heterocycles. The van der Waals surface area contributed by atoms with Crippen molar-refractivity contribution in [1.82, 2.24) is 0 Å². The van der Waals surface area contributed by atoms with Crippen molar-refractivity contribution in [3.8, 4) is 0 Å². The van der Waals surface area contributed by atoms with Gasteiger partial charge in [-0.25, -0.2) is 0 Å². The summed E-state index contributed by atoms with van der Waals surface area (Å²) in [6.07, 6.45) is 2.72. The van der Waals surface area contributed by atoms with Gasteiger partial charge in [0.1, 0.15) is 0 Å². The van der Waals surface area contributed by atoms with Crippen LogP contribution in [0.5, 0.6) is 0 Å². The first-order valence-electron chi connectivity index (χ1n) is 8.33. The largest absolute Gasteiger partial charge is 0.500 e. The van der Waals surface area contributed by atoms with Crippen LogP contribution in [0.15, 0.2) is 0 Å². The number of rotatable bonds is 15. The zero-order valence-electron chi connectivity index (χ0n) is 16.7. The van der Waals surface area contributed by atoms with Gasteiger partial charge in [0.2, 0.25) is 5.91 Å². The third-order valence-electron chi connectivity index (χ3n) is 4.88. The van der Waals surface area contributed by atoms with E-state index in [0.717, 1.165) is 12.8 Å². The molecule has 0 aliphatic rings. The van der Waals surface area contributed by atoms with Crippen molar-refractivity contribution in [3.63, 3.8) is 0 Å². The molecule has 0 atom stereocenters. The molecule has 0 aromatic heterocycles. The van der Waals surface area contributed by atoms with Gasteiger partial charge in [-0.15, -0.1) is 0 Å². The van der Waals surface area contributed by atoms with Crippen LogP contribution in [0.2, 0.25) is 12.1 Å². The molecular formula is C15H35NO7Si2. The Balaban J connectivity index is 4.72. The summed E-state index contributed by atoms with van der Waals surface area (Å²) >= 11 is 0. The van der Waals surface area contributed by atoms with Crippen molar-refractivity contribution in [2.75, 3.05) is 42.7 Å². The molecular weight excluding hydrogens is 362 g/mol. The molecule has 1 amide bonds. The molecule has 0 aliphatic heterocycles. The van der Waals surface area contributed by atoms with Gasteiger partial charge in [0.15, 0.2) is 0 Å². The lowest BCUT2D eigenvalue weighted by atomic mass is 9.81. The number of carbonyl (C=O) groups excluding carboxylic acids is 1. The summed E-state index contributed by atoms with van der Waals surface area (Å²) in [5.41, 5.74) is 5.04. The molecule has 0 saturated heterocycles. The Morgan fingerprint density at radius 2 is 1.04 bits per heavy atom. The SMILES string of the molecule is CO[Si](CCCC(C)(CCC[Si](OC)(OC)OC)C(N)=O)(OC)OC. The van der Waals surface area contributed by atoms with E-state index in [1.54, 1.807) is 42.7 Å². The second kappa shape index (κ2) is 11.4. The molecule has 0 aromatic carbocycles. The summed E-state index contributed by atoms with van der Waals surface area (Å²) < 4.78 is 32.5. The van der Waals surface area contributed by atoms with Crippen LogP contribution < -0.4 is 5.73 Å². The van der Waals surface area contributed by atoms with Gasteiger partial charge in [0, 0.05) is 60.2 Å². The highest BCUT2D eigenvalue weighted by molar-refractivity contribution is 6.60. The van der Waals surface area contributed by atoms with Crippen molar-refractivity contribution in [2.45, 2.75) is 44.7 Å². The Hall–Kier alpha value is -0.336. The first-order valence-corrected chi connectivity index (χ1v) is 12.2. The van der Waals surface area contributed by atoms with E-state index in [4.69, 9.17) is 32.3 Å². The van der Waals surface area contributed by atoms with Crippen molar-refractivity contribution >= 4 is 23.5 Å². The van der Waals surface area contributed by atoms with Gasteiger partial charge in [-0.05, 0) is 25.7 Å². The number of hydrogen-bond donors (Lipinski definition) is 1. The first-order chi connectivity index (χ1) is 11.7. The van der Waals surface area contributed by atoms with Gasteiger partial charge in [-0.3, -0.25) is 4.79 Å². The van der Waals surface area contributed by atoms with Crippen molar-refractivity contribution in [2.24, 2.45) is 11.1 Å². The summed E-state index contributed by atoms with van der Waals surface area (Å²) in [5, 5.41) is 0. The molecule has 150 valence electrons. The fourth-order valence-corrected chi connectivity index (χ4v) is 6.32. The van der Waals surface area contributed by atoms with Crippen molar-refractivity contribution < 1.29 is 31.4 Å². The zero-order valence-corrected chi connectivity index (χ0v) is 18.7. The van der Waals surface area contributed by atoms with Gasteiger partial charge in [-0.1, -0.05) is 6.92 Å². The van der Waals surface area contributed by atoms with Crippen LogP contribution in [-0.4, -0.2) is 66.2 Å². The van der Waals surface area contributed by atoms with Crippen LogP contribution in [0, 0.1) is 5.41 Å². The predicted octanol–water partition coefficient (Wildman–Crippen LogP) is 1.79. The summed E-state index contributed by atoms with van der Waals surface area (Å²) in [6, 6.07) is 1.26. The van der Waals surface area contributed by atoms with E-state index in [2.05, 4.69) is 0 Å². The number of nitrogens with two attached hydrogens (primary N) is 1. The minimum atomic E-state index is -2.64. The monoisotopic (exact) mass is 397 g/mol. The maximum atomic E-state index is 12.0. The molecule has 8 nitrogen and oxygen atoms in total. The number of carbonyl (C=O) groups is 1. The maximum absolute atomic E-state index is 12.0. The zero-order chi connectivity index (χ0) is 19.6. The van der Waals surface area contributed by atoms with Gasteiger partial charge in [0.05, 0.1) is 0 Å². The quantitative estimate of drug-likeness (QED) is 0.421. The second-order valence-electron chi connectivity index (χ2n) is 6.22. The van der Waals surface area contributed by atoms with Crippen LogP contribution in [0.4, 0.5) is 0 Å². The molecule has 0 fully saturated rings. The van der Waals surface area contributed by atoms with Gasteiger partial charge in [-0.2, -0.15) is 0 Å². The molecule has 0 saturated carbocycles. The highest BCUT2D eigenvalue weighted by Crippen LogP contribution is 2.33. The van der Waals surface area contributed by atoms with E-state index in [-0.39, 0.29) is 5.91 Å². The smallest absolute Gasteiger partial charge is 0.377 e. The lowest BCUT2D eigenvalue weighted by Crippen LogP contribution is -2.44. The van der Waals surface area contributed by atoms with Gasteiger partial charge < -0.3 is 32.3 Å². The van der Waals surface area contributed by atoms with E-state index in [9.17, 15) is 4.79 Å². The van der Waals surface area contributed by atoms with Crippen LogP contribution in [0.3, 0.4) is 0 Å². The lowest BCUT2D eigenvalue weighted by molar-refractivity contribution is -0.127. The number of hydrogen-bond acceptors (Lipinski definition) is 7. The minimum Gasteiger partial charge on any atom is -0.377 e. The molecule has 0 spiro atoms. The van der Waals surface area contributed by atoms with E-state index in [1.807, 2.05) is 6.92 Å². The molecule has 10 heteroatoms. The van der Waals surface area contributed by atoms with Crippen molar-refractivity contribution in [3.05, 3.63) is 0 Å². The molecule has 2 N–H and O–H groups in total. The first kappa shape index (κ1) is 24.7. The Bertz CT molecular complexity index is 348. The van der Waals surface area contributed by atoms with E-state index in [1.165, 1.54) is 0 Å². The standard InChI is InChI=1S/C15H35NO7Si2/c1-15(14(16)17,10-8-12-24(18-2,19-3)20-4)11-9-13-25(21-5,22-6)23-7/h8-13H2,1-7H3,(H2,16,17). The summed E-state index contributed by atoms with van der Waals surface area (Å²) in [6.45, 7) is 1.89. The Labute approximate surface area is 154 Å². The van der Waals surface area contributed by atoms with Gasteiger partial charge in [0.25, 0.3) is 0 Å². The Morgan fingerprint density at radius 1 is 0.760 bits per heavy atom. The second-order valence-corrected chi connectivity index (χ2v) is 12.4. The molecule has 0 aromatic rings. The van der Waals surface area contributed by atoms with Crippen LogP contribution in [0.1, 0.15) is 32.6 Å². The summed E-state index contributed by atoms with van der Waals surface area (Å²) in [7, 11) is 4.21. The minimum absolute atomic E-state index is 0.313. The highest BCUT2D eigenvalue weighted by Gasteiger charge is 2.41. The van der Waals surface area contributed by atoms with E-state index in [0.29, 0.717) is 24.9 Å². The van der Waals surface area contributed by atoms with E-state index < -0.39 is 23.0 Å². The third kappa shape index (κ3) is 7.06. The maximum Gasteiger partial charge on any atom is 0.500 e. The average Bonchev–Trinajstić information content (AvgIpc) is 2.63.